The third kappa shape index (κ3) is 2.25. The fraction of sp³-hybridized carbons (Fsp3) is 0.400. The molecule has 0 bridgehead atoms. The van der Waals surface area contributed by atoms with Crippen molar-refractivity contribution in [2.45, 2.75) is 13.2 Å². The quantitative estimate of drug-likeness (QED) is 0.822. The Morgan fingerprint density at radius 3 is 2.56 bits per heavy atom. The number of rotatable bonds is 2. The normalized spacial score (nSPS) is 22.5. The van der Waals surface area contributed by atoms with Crippen molar-refractivity contribution in [1.82, 2.24) is 4.31 Å². The maximum absolute atomic E-state index is 11.3. The van der Waals surface area contributed by atoms with Gasteiger partial charge in [0, 0.05) is 6.54 Å². The summed E-state index contributed by atoms with van der Waals surface area (Å²) in [4.78, 5) is 0. The highest BCUT2D eigenvalue weighted by Gasteiger charge is 2.33. The summed E-state index contributed by atoms with van der Waals surface area (Å²) in [5.41, 5.74) is 1.92. The van der Waals surface area contributed by atoms with Gasteiger partial charge in [0.25, 0.3) is 10.2 Å². The van der Waals surface area contributed by atoms with E-state index in [4.69, 9.17) is 9.88 Å². The fourth-order valence-corrected chi connectivity index (χ4v) is 2.49. The lowest BCUT2D eigenvalue weighted by Crippen LogP contribution is -2.36. The van der Waals surface area contributed by atoms with Crippen LogP contribution in [0.15, 0.2) is 24.3 Å². The summed E-state index contributed by atoms with van der Waals surface area (Å²) in [6, 6.07) is 7.53. The molecule has 1 heterocycles. The number of hydrogen-bond donors (Lipinski definition) is 1. The SMILES string of the molecule is Cc1ccc(C2OCCN2S(N)(=O)=O)cc1. The van der Waals surface area contributed by atoms with E-state index in [2.05, 4.69) is 0 Å². The highest BCUT2D eigenvalue weighted by molar-refractivity contribution is 7.86. The van der Waals surface area contributed by atoms with Crippen LogP contribution in [0.5, 0.6) is 0 Å². The van der Waals surface area contributed by atoms with Crippen LogP contribution < -0.4 is 5.14 Å². The average molecular weight is 242 g/mol. The molecule has 2 N–H and O–H groups in total. The van der Waals surface area contributed by atoms with Crippen LogP contribution in [-0.4, -0.2) is 25.9 Å². The molecule has 1 aromatic carbocycles. The van der Waals surface area contributed by atoms with Gasteiger partial charge < -0.3 is 4.74 Å². The molecule has 6 heteroatoms. The van der Waals surface area contributed by atoms with Crippen molar-refractivity contribution in [3.63, 3.8) is 0 Å². The molecule has 0 saturated carbocycles. The number of nitrogens with two attached hydrogens (primary N) is 1. The van der Waals surface area contributed by atoms with E-state index in [-0.39, 0.29) is 0 Å². The lowest BCUT2D eigenvalue weighted by Gasteiger charge is -2.20. The Labute approximate surface area is 95.0 Å². The Morgan fingerprint density at radius 1 is 1.38 bits per heavy atom. The average Bonchev–Trinajstić information content (AvgIpc) is 2.66. The van der Waals surface area contributed by atoms with E-state index in [1.165, 1.54) is 0 Å². The topological polar surface area (TPSA) is 72.6 Å². The molecular formula is C10H14N2O3S. The van der Waals surface area contributed by atoms with E-state index < -0.39 is 16.4 Å². The maximum Gasteiger partial charge on any atom is 0.279 e. The monoisotopic (exact) mass is 242 g/mol. The minimum atomic E-state index is -3.70. The zero-order chi connectivity index (χ0) is 11.8. The second-order valence-electron chi connectivity index (χ2n) is 3.79. The minimum Gasteiger partial charge on any atom is -0.356 e. The van der Waals surface area contributed by atoms with Crippen LogP contribution >= 0.6 is 0 Å². The van der Waals surface area contributed by atoms with E-state index >= 15 is 0 Å². The van der Waals surface area contributed by atoms with Crippen molar-refractivity contribution in [3.8, 4) is 0 Å². The van der Waals surface area contributed by atoms with Crippen molar-refractivity contribution >= 4 is 10.2 Å². The fourth-order valence-electron chi connectivity index (χ4n) is 1.71. The molecule has 1 aliphatic heterocycles. The zero-order valence-corrected chi connectivity index (χ0v) is 9.78. The first kappa shape index (κ1) is 11.5. The summed E-state index contributed by atoms with van der Waals surface area (Å²) in [5.74, 6) is 0. The highest BCUT2D eigenvalue weighted by atomic mass is 32.2. The minimum absolute atomic E-state index is 0.303. The molecule has 1 atom stereocenters. The van der Waals surface area contributed by atoms with E-state index in [0.29, 0.717) is 13.2 Å². The van der Waals surface area contributed by atoms with Crippen molar-refractivity contribution in [2.24, 2.45) is 5.14 Å². The van der Waals surface area contributed by atoms with Gasteiger partial charge in [-0.25, -0.2) is 5.14 Å². The van der Waals surface area contributed by atoms with E-state index in [9.17, 15) is 8.42 Å². The number of nitrogens with zero attached hydrogens (tertiary/aromatic N) is 1. The lowest BCUT2D eigenvalue weighted by atomic mass is 10.1. The molecule has 0 amide bonds. The molecule has 1 aromatic rings. The van der Waals surface area contributed by atoms with Crippen LogP contribution in [0.3, 0.4) is 0 Å². The molecule has 0 spiro atoms. The second-order valence-corrected chi connectivity index (χ2v) is 5.29. The van der Waals surface area contributed by atoms with Crippen LogP contribution in [0, 0.1) is 6.92 Å². The van der Waals surface area contributed by atoms with Gasteiger partial charge in [0.15, 0.2) is 6.23 Å². The first-order valence-corrected chi connectivity index (χ1v) is 6.46. The highest BCUT2D eigenvalue weighted by Crippen LogP contribution is 2.28. The molecule has 0 aliphatic carbocycles. The van der Waals surface area contributed by atoms with Gasteiger partial charge in [0.1, 0.15) is 0 Å². The molecular weight excluding hydrogens is 228 g/mol. The van der Waals surface area contributed by atoms with Crippen molar-refractivity contribution in [2.75, 3.05) is 13.2 Å². The van der Waals surface area contributed by atoms with E-state index in [1.807, 2.05) is 31.2 Å². The van der Waals surface area contributed by atoms with Crippen molar-refractivity contribution < 1.29 is 13.2 Å². The Balaban J connectivity index is 2.30. The Hall–Kier alpha value is -0.950. The van der Waals surface area contributed by atoms with Gasteiger partial charge in [-0.15, -0.1) is 0 Å². The van der Waals surface area contributed by atoms with Gasteiger partial charge in [0.05, 0.1) is 6.61 Å². The molecule has 1 unspecified atom stereocenters. The predicted molar refractivity (Wildman–Crippen MR) is 59.7 cm³/mol. The lowest BCUT2D eigenvalue weighted by molar-refractivity contribution is 0.0683. The largest absolute Gasteiger partial charge is 0.356 e. The van der Waals surface area contributed by atoms with Gasteiger partial charge in [-0.05, 0) is 12.5 Å². The predicted octanol–water partition coefficient (Wildman–Crippen LogP) is 0.529. The van der Waals surface area contributed by atoms with Gasteiger partial charge in [-0.1, -0.05) is 29.8 Å². The molecule has 0 aromatic heterocycles. The van der Waals surface area contributed by atoms with Crippen LogP contribution in [0.4, 0.5) is 0 Å². The maximum atomic E-state index is 11.3. The van der Waals surface area contributed by atoms with Crippen LogP contribution in [0.25, 0.3) is 0 Å². The van der Waals surface area contributed by atoms with Crippen LogP contribution in [0.2, 0.25) is 0 Å². The molecule has 5 nitrogen and oxygen atoms in total. The smallest absolute Gasteiger partial charge is 0.279 e. The van der Waals surface area contributed by atoms with E-state index in [0.717, 1.165) is 15.4 Å². The van der Waals surface area contributed by atoms with Gasteiger partial charge in [-0.2, -0.15) is 12.7 Å². The summed E-state index contributed by atoms with van der Waals surface area (Å²) >= 11 is 0. The summed E-state index contributed by atoms with van der Waals surface area (Å²) in [5, 5.41) is 5.12. The van der Waals surface area contributed by atoms with Gasteiger partial charge in [-0.3, -0.25) is 0 Å². The molecule has 16 heavy (non-hydrogen) atoms. The summed E-state index contributed by atoms with van der Waals surface area (Å²) < 4.78 is 29.2. The Morgan fingerprint density at radius 2 is 2.00 bits per heavy atom. The first-order valence-electron chi connectivity index (χ1n) is 4.96. The molecule has 2 rings (SSSR count). The number of benzene rings is 1. The third-order valence-corrected chi connectivity index (χ3v) is 3.57. The van der Waals surface area contributed by atoms with Crippen molar-refractivity contribution in [1.29, 1.82) is 0 Å². The number of hydrogen-bond acceptors (Lipinski definition) is 3. The first-order chi connectivity index (χ1) is 7.48. The van der Waals surface area contributed by atoms with Gasteiger partial charge in [0.2, 0.25) is 0 Å². The Bertz CT molecular complexity index is 469. The Kier molecular flexibility index (Phi) is 2.98. The van der Waals surface area contributed by atoms with Gasteiger partial charge >= 0.3 is 0 Å². The standard InChI is InChI=1S/C10H14N2O3S/c1-8-2-4-9(5-3-8)10-12(6-7-15-10)16(11,13)14/h2-5,10H,6-7H2,1H3,(H2,11,13,14). The summed E-state index contributed by atoms with van der Waals surface area (Å²) in [6.07, 6.45) is -0.587. The van der Waals surface area contributed by atoms with Crippen LogP contribution in [-0.2, 0) is 14.9 Å². The van der Waals surface area contributed by atoms with Crippen LogP contribution in [0.1, 0.15) is 17.4 Å². The third-order valence-electron chi connectivity index (χ3n) is 2.54. The molecule has 1 fully saturated rings. The number of ether oxygens (including phenoxy) is 1. The van der Waals surface area contributed by atoms with E-state index in [1.54, 1.807) is 0 Å². The molecule has 88 valence electrons. The molecule has 0 radical (unpaired) electrons. The zero-order valence-electron chi connectivity index (χ0n) is 8.96. The molecule has 1 aliphatic rings. The summed E-state index contributed by atoms with van der Waals surface area (Å²) in [7, 11) is -3.70. The number of aryl methyl sites for hydroxylation is 1. The molecule has 1 saturated heterocycles. The summed E-state index contributed by atoms with van der Waals surface area (Å²) in [6.45, 7) is 2.64. The van der Waals surface area contributed by atoms with Crippen molar-refractivity contribution in [3.05, 3.63) is 35.4 Å². The second kappa shape index (κ2) is 4.14.